The summed E-state index contributed by atoms with van der Waals surface area (Å²) >= 11 is 0. The molecule has 0 unspecified atom stereocenters. The third-order valence-electron chi connectivity index (χ3n) is 6.12. The number of rotatable bonds is 4. The van der Waals surface area contributed by atoms with Crippen LogP contribution in [0.3, 0.4) is 0 Å². The highest BCUT2D eigenvalue weighted by atomic mass is 16.5. The van der Waals surface area contributed by atoms with Crippen LogP contribution in [0.5, 0.6) is 11.8 Å². The van der Waals surface area contributed by atoms with Gasteiger partial charge in [0.15, 0.2) is 5.65 Å². The van der Waals surface area contributed by atoms with Gasteiger partial charge in [-0.2, -0.15) is 10.2 Å². The summed E-state index contributed by atoms with van der Waals surface area (Å²) in [6.45, 7) is 9.38. The van der Waals surface area contributed by atoms with E-state index in [1.54, 1.807) is 0 Å². The topological polar surface area (TPSA) is 73.0 Å². The minimum Gasteiger partial charge on any atom is -0.488 e. The smallest absolute Gasteiger partial charge is 0.298 e. The van der Waals surface area contributed by atoms with Crippen molar-refractivity contribution in [3.05, 3.63) is 87.6 Å². The van der Waals surface area contributed by atoms with Crippen molar-refractivity contribution in [2.45, 2.75) is 40.8 Å². The van der Waals surface area contributed by atoms with Crippen LogP contribution in [0.25, 0.3) is 16.7 Å². The van der Waals surface area contributed by atoms with Gasteiger partial charge in [-0.25, -0.2) is 4.98 Å². The summed E-state index contributed by atoms with van der Waals surface area (Å²) < 4.78 is 14.1. The zero-order chi connectivity index (χ0) is 23.8. The van der Waals surface area contributed by atoms with Gasteiger partial charge >= 0.3 is 0 Å². The molecule has 2 aromatic heterocycles. The number of para-hydroxylation sites is 1. The highest BCUT2D eigenvalue weighted by Crippen LogP contribution is 2.39. The third kappa shape index (κ3) is 3.69. The third-order valence-corrected chi connectivity index (χ3v) is 6.12. The van der Waals surface area contributed by atoms with Crippen molar-refractivity contribution >= 4 is 16.7 Å². The predicted molar refractivity (Wildman–Crippen MR) is 132 cm³/mol. The van der Waals surface area contributed by atoms with Crippen molar-refractivity contribution in [1.29, 1.82) is 5.26 Å². The van der Waals surface area contributed by atoms with Gasteiger partial charge < -0.3 is 9.47 Å². The second-order valence-corrected chi connectivity index (χ2v) is 8.55. The fourth-order valence-corrected chi connectivity index (χ4v) is 4.62. The zero-order valence-corrected chi connectivity index (χ0v) is 19.8. The van der Waals surface area contributed by atoms with Gasteiger partial charge in [-0.1, -0.05) is 30.3 Å². The second-order valence-electron chi connectivity index (χ2n) is 8.55. The molecule has 2 aromatic carbocycles. The van der Waals surface area contributed by atoms with Crippen LogP contribution in [-0.4, -0.2) is 21.1 Å². The van der Waals surface area contributed by atoms with E-state index in [2.05, 4.69) is 24.3 Å². The van der Waals surface area contributed by atoms with Gasteiger partial charge in [0.1, 0.15) is 17.9 Å². The van der Waals surface area contributed by atoms with Gasteiger partial charge in [0.25, 0.3) is 6.01 Å². The Morgan fingerprint density at radius 1 is 1.12 bits per heavy atom. The lowest BCUT2D eigenvalue weighted by molar-refractivity contribution is 0.300. The van der Waals surface area contributed by atoms with Crippen LogP contribution in [-0.2, 0) is 13.2 Å². The number of ether oxygens (including phenoxy) is 2. The first-order valence-corrected chi connectivity index (χ1v) is 11.4. The van der Waals surface area contributed by atoms with Gasteiger partial charge in [-0.05, 0) is 68.1 Å². The second kappa shape index (κ2) is 8.68. The minimum atomic E-state index is 0.432. The van der Waals surface area contributed by atoms with Crippen LogP contribution in [0.1, 0.15) is 47.4 Å². The Morgan fingerprint density at radius 2 is 1.94 bits per heavy atom. The molecule has 4 aromatic rings. The van der Waals surface area contributed by atoms with Gasteiger partial charge in [0, 0.05) is 22.4 Å². The lowest BCUT2D eigenvalue weighted by Gasteiger charge is -2.14. The molecule has 5 rings (SSSR count). The fourth-order valence-electron chi connectivity index (χ4n) is 4.62. The van der Waals surface area contributed by atoms with E-state index in [1.165, 1.54) is 0 Å². The largest absolute Gasteiger partial charge is 0.488 e. The van der Waals surface area contributed by atoms with Gasteiger partial charge in [0.05, 0.1) is 19.2 Å². The SMILES string of the molecule is CCOc1nc2c(C)cc(C)nc2n1Cc1ccc2c(c1)COc1ccccc1/C2=C(/C)C#N. The highest BCUT2D eigenvalue weighted by molar-refractivity contribution is 5.88. The molecule has 0 radical (unpaired) electrons. The van der Waals surface area contributed by atoms with Crippen molar-refractivity contribution in [3.8, 4) is 17.8 Å². The minimum absolute atomic E-state index is 0.432. The first kappa shape index (κ1) is 21.7. The van der Waals surface area contributed by atoms with E-state index in [0.29, 0.717) is 31.3 Å². The standard InChI is InChI=1S/C28H26N4O2/c1-5-33-28-31-26-17(2)12-19(4)30-27(26)32(28)15-20-10-11-22-21(13-20)16-34-24-9-7-6-8-23(24)25(22)18(3)14-29/h6-13H,5,15-16H2,1-4H3/b25-18-. The average Bonchev–Trinajstić information content (AvgIpc) is 3.07. The van der Waals surface area contributed by atoms with Gasteiger partial charge in [-0.15, -0.1) is 0 Å². The van der Waals surface area contributed by atoms with Crippen LogP contribution < -0.4 is 9.47 Å². The highest BCUT2D eigenvalue weighted by Gasteiger charge is 2.22. The molecule has 1 aliphatic rings. The molecule has 0 spiro atoms. The van der Waals surface area contributed by atoms with Crippen LogP contribution >= 0.6 is 0 Å². The molecule has 3 heterocycles. The molecule has 0 amide bonds. The molecular formula is C28H26N4O2. The van der Waals surface area contributed by atoms with E-state index in [4.69, 9.17) is 19.4 Å². The van der Waals surface area contributed by atoms with E-state index in [0.717, 1.165) is 56.0 Å². The number of allylic oxidation sites excluding steroid dienone is 1. The Labute approximate surface area is 199 Å². The van der Waals surface area contributed by atoms with E-state index in [1.807, 2.05) is 62.6 Å². The first-order valence-electron chi connectivity index (χ1n) is 11.4. The summed E-state index contributed by atoms with van der Waals surface area (Å²) in [5.41, 5.74) is 9.40. The number of nitrogens with zero attached hydrogens (tertiary/aromatic N) is 4. The molecule has 0 saturated carbocycles. The number of nitriles is 1. The van der Waals surface area contributed by atoms with Gasteiger partial charge in [0.2, 0.25) is 0 Å². The normalized spacial score (nSPS) is 14.0. The predicted octanol–water partition coefficient (Wildman–Crippen LogP) is 5.73. The number of hydrogen-bond acceptors (Lipinski definition) is 5. The summed E-state index contributed by atoms with van der Waals surface area (Å²) in [4.78, 5) is 9.49. The monoisotopic (exact) mass is 450 g/mol. The van der Waals surface area contributed by atoms with E-state index in [-0.39, 0.29) is 0 Å². The van der Waals surface area contributed by atoms with Crippen LogP contribution in [0.4, 0.5) is 0 Å². The van der Waals surface area contributed by atoms with Crippen molar-refractivity contribution in [2.24, 2.45) is 0 Å². The summed E-state index contributed by atoms with van der Waals surface area (Å²) in [6, 6.07) is 19.2. The molecule has 0 N–H and O–H groups in total. The van der Waals surface area contributed by atoms with Gasteiger partial charge in [-0.3, -0.25) is 4.57 Å². The van der Waals surface area contributed by atoms with Crippen LogP contribution in [0, 0.1) is 25.2 Å². The number of imidazole rings is 1. The molecule has 0 saturated heterocycles. The molecule has 1 aliphatic heterocycles. The summed E-state index contributed by atoms with van der Waals surface area (Å²) in [7, 11) is 0. The molecule has 0 aliphatic carbocycles. The Bertz CT molecular complexity index is 1490. The molecule has 0 fully saturated rings. The van der Waals surface area contributed by atoms with E-state index in [9.17, 15) is 5.26 Å². The Balaban J connectivity index is 1.62. The molecule has 170 valence electrons. The summed E-state index contributed by atoms with van der Waals surface area (Å²) in [5.74, 6) is 0.791. The van der Waals surface area contributed by atoms with E-state index >= 15 is 0 Å². The van der Waals surface area contributed by atoms with Crippen molar-refractivity contribution in [3.63, 3.8) is 0 Å². The van der Waals surface area contributed by atoms with Crippen molar-refractivity contribution < 1.29 is 9.47 Å². The first-order chi connectivity index (χ1) is 16.5. The van der Waals surface area contributed by atoms with Crippen molar-refractivity contribution in [2.75, 3.05) is 6.61 Å². The Hall–Kier alpha value is -4.11. The average molecular weight is 451 g/mol. The summed E-state index contributed by atoms with van der Waals surface area (Å²) in [5, 5.41) is 9.70. The van der Waals surface area contributed by atoms with E-state index < -0.39 is 0 Å². The molecule has 34 heavy (non-hydrogen) atoms. The molecule has 0 atom stereocenters. The molecular weight excluding hydrogens is 424 g/mol. The maximum absolute atomic E-state index is 9.70. The lowest BCUT2D eigenvalue weighted by atomic mass is 9.90. The summed E-state index contributed by atoms with van der Waals surface area (Å²) in [6.07, 6.45) is 0. The van der Waals surface area contributed by atoms with Crippen LogP contribution in [0.2, 0.25) is 0 Å². The van der Waals surface area contributed by atoms with Crippen LogP contribution in [0.15, 0.2) is 54.1 Å². The molecule has 6 nitrogen and oxygen atoms in total. The number of aryl methyl sites for hydroxylation is 2. The zero-order valence-electron chi connectivity index (χ0n) is 19.8. The Morgan fingerprint density at radius 3 is 2.74 bits per heavy atom. The number of pyridine rings is 1. The molecule has 6 heteroatoms. The van der Waals surface area contributed by atoms with Crippen molar-refractivity contribution in [1.82, 2.24) is 14.5 Å². The number of fused-ring (bicyclic) bond motifs is 3. The number of hydrogen-bond donors (Lipinski definition) is 0. The lowest BCUT2D eigenvalue weighted by Crippen LogP contribution is -2.07. The number of benzene rings is 2. The maximum Gasteiger partial charge on any atom is 0.298 e. The molecule has 0 bridgehead atoms. The maximum atomic E-state index is 9.70. The fraction of sp³-hybridized carbons (Fsp3) is 0.250. The quantitative estimate of drug-likeness (QED) is 0.371. The number of aromatic nitrogens is 3. The Kier molecular flexibility index (Phi) is 5.54.